The molecule has 0 atom stereocenters. The van der Waals surface area contributed by atoms with E-state index in [1.807, 2.05) is 6.92 Å². The normalized spacial score (nSPS) is 17.1. The summed E-state index contributed by atoms with van der Waals surface area (Å²) in [6, 6.07) is 8.88. The van der Waals surface area contributed by atoms with E-state index >= 15 is 0 Å². The van der Waals surface area contributed by atoms with Gasteiger partial charge in [-0.25, -0.2) is 25.8 Å². The molecule has 16 heteroatoms. The molecule has 0 spiro atoms. The number of anilines is 1. The molecule has 4 aromatic rings. The number of nitrogens with zero attached hydrogens (tertiary/aromatic N) is 6. The van der Waals surface area contributed by atoms with Crippen molar-refractivity contribution in [1.29, 1.82) is 0 Å². The predicted octanol–water partition coefficient (Wildman–Crippen LogP) is 3.28. The van der Waals surface area contributed by atoms with E-state index in [4.69, 9.17) is 0 Å². The number of fused-ring (bicyclic) bond motifs is 1. The van der Waals surface area contributed by atoms with Crippen LogP contribution in [0.1, 0.15) is 24.4 Å². The SMILES string of the molecule is Cc1ccc(S(=O)(=O)n2ccc3c(-c4cnn(C5CN(S(=O)(=O)C(F)(F)F)C5)c4)cc(N(C=O)C4CC4)nc32)cc1. The molecule has 1 amide bonds. The summed E-state index contributed by atoms with van der Waals surface area (Å²) in [5, 5.41) is 4.68. The molecule has 6 rings (SSSR count). The molecular weight excluding hydrogens is 585 g/mol. The van der Waals surface area contributed by atoms with Crippen molar-refractivity contribution in [1.82, 2.24) is 23.0 Å². The number of halogens is 3. The summed E-state index contributed by atoms with van der Waals surface area (Å²) in [5.41, 5.74) is -3.42. The molecule has 3 aromatic heterocycles. The first-order valence-electron chi connectivity index (χ1n) is 12.5. The summed E-state index contributed by atoms with van der Waals surface area (Å²) >= 11 is 0. The molecule has 1 saturated carbocycles. The lowest BCUT2D eigenvalue weighted by Gasteiger charge is -2.38. The molecule has 1 aliphatic heterocycles. The Bertz CT molecular complexity index is 1870. The third kappa shape index (κ3) is 4.59. The minimum Gasteiger partial charge on any atom is -0.296 e. The second kappa shape index (κ2) is 9.39. The molecule has 0 bridgehead atoms. The van der Waals surface area contributed by atoms with Gasteiger partial charge in [0.25, 0.3) is 10.0 Å². The maximum absolute atomic E-state index is 13.6. The van der Waals surface area contributed by atoms with E-state index in [0.717, 1.165) is 22.4 Å². The molecule has 1 aliphatic carbocycles. The van der Waals surface area contributed by atoms with E-state index in [9.17, 15) is 34.8 Å². The average molecular weight is 609 g/mol. The highest BCUT2D eigenvalue weighted by molar-refractivity contribution is 7.90. The van der Waals surface area contributed by atoms with Crippen molar-refractivity contribution in [3.05, 3.63) is 60.6 Å². The minimum absolute atomic E-state index is 0.0555. The Labute approximate surface area is 232 Å². The number of sulfonamides is 1. The molecule has 1 saturated heterocycles. The largest absolute Gasteiger partial charge is 0.511 e. The molecule has 4 heterocycles. The quantitative estimate of drug-likeness (QED) is 0.281. The van der Waals surface area contributed by atoms with Crippen LogP contribution < -0.4 is 4.90 Å². The van der Waals surface area contributed by atoms with E-state index in [1.54, 1.807) is 30.5 Å². The van der Waals surface area contributed by atoms with Gasteiger partial charge in [-0.05, 0) is 49.6 Å². The van der Waals surface area contributed by atoms with Gasteiger partial charge >= 0.3 is 15.5 Å². The lowest BCUT2D eigenvalue weighted by Crippen LogP contribution is -2.54. The predicted molar refractivity (Wildman–Crippen MR) is 142 cm³/mol. The monoisotopic (exact) mass is 608 g/mol. The number of aryl methyl sites for hydroxylation is 1. The molecule has 1 aromatic carbocycles. The second-order valence-corrected chi connectivity index (χ2v) is 13.8. The number of benzene rings is 1. The number of alkyl halides is 3. The van der Waals surface area contributed by atoms with E-state index < -0.39 is 44.7 Å². The summed E-state index contributed by atoms with van der Waals surface area (Å²) in [6.45, 7) is 1.04. The number of hydrogen-bond acceptors (Lipinski definition) is 7. The first kappa shape index (κ1) is 27.4. The standard InChI is InChI=1S/C25H23F3N6O5S2/c1-16-2-6-20(7-3-16)40(36,37)34-9-8-21-22(10-23(30-24(21)34)32(15-35)18-4-5-18)17-11-29-33(12-17)19-13-31(14-19)41(38,39)25(26,27)28/h2-3,6-12,15,18-19H,4-5,13-14H2,1H3. The highest BCUT2D eigenvalue weighted by atomic mass is 32.2. The summed E-state index contributed by atoms with van der Waals surface area (Å²) < 4.78 is 91.9. The zero-order valence-corrected chi connectivity index (χ0v) is 23.1. The van der Waals surface area contributed by atoms with Crippen LogP contribution >= 0.6 is 0 Å². The van der Waals surface area contributed by atoms with Crippen molar-refractivity contribution in [2.24, 2.45) is 0 Å². The van der Waals surface area contributed by atoms with Gasteiger partial charge in [0.1, 0.15) is 5.82 Å². The van der Waals surface area contributed by atoms with Crippen LogP contribution in [0.4, 0.5) is 19.0 Å². The fourth-order valence-corrected chi connectivity index (χ4v) is 7.07. The number of aromatic nitrogens is 4. The summed E-state index contributed by atoms with van der Waals surface area (Å²) in [7, 11) is -9.48. The molecule has 11 nitrogen and oxygen atoms in total. The van der Waals surface area contributed by atoms with Crippen molar-refractivity contribution < 1.29 is 34.8 Å². The van der Waals surface area contributed by atoms with Gasteiger partial charge in [-0.2, -0.15) is 22.6 Å². The van der Waals surface area contributed by atoms with Gasteiger partial charge in [0.2, 0.25) is 6.41 Å². The maximum atomic E-state index is 13.6. The van der Waals surface area contributed by atoms with Crippen LogP contribution in [0.5, 0.6) is 0 Å². The third-order valence-electron chi connectivity index (χ3n) is 7.25. The van der Waals surface area contributed by atoms with Gasteiger partial charge in [0.05, 0.1) is 17.1 Å². The zero-order valence-electron chi connectivity index (χ0n) is 21.4. The van der Waals surface area contributed by atoms with Crippen molar-refractivity contribution >= 4 is 43.3 Å². The molecule has 2 aliphatic rings. The summed E-state index contributed by atoms with van der Waals surface area (Å²) in [5.74, 6) is 0.239. The first-order chi connectivity index (χ1) is 19.3. The fraction of sp³-hybridized carbons (Fsp3) is 0.320. The van der Waals surface area contributed by atoms with Gasteiger partial charge in [0.15, 0.2) is 5.65 Å². The van der Waals surface area contributed by atoms with Gasteiger partial charge in [-0.1, -0.05) is 17.7 Å². The number of amides is 1. The number of rotatable bonds is 8. The first-order valence-corrected chi connectivity index (χ1v) is 15.4. The van der Waals surface area contributed by atoms with Gasteiger partial charge in [-0.15, -0.1) is 0 Å². The van der Waals surface area contributed by atoms with Gasteiger partial charge < -0.3 is 0 Å². The Balaban J connectivity index is 1.41. The third-order valence-corrected chi connectivity index (χ3v) is 10.5. The van der Waals surface area contributed by atoms with E-state index in [0.29, 0.717) is 27.2 Å². The molecule has 0 radical (unpaired) electrons. The summed E-state index contributed by atoms with van der Waals surface area (Å²) in [6.07, 6.45) is 6.56. The average Bonchev–Trinajstić information content (AvgIpc) is 3.42. The van der Waals surface area contributed by atoms with Crippen LogP contribution in [0.2, 0.25) is 0 Å². The van der Waals surface area contributed by atoms with Crippen LogP contribution in [0.3, 0.4) is 0 Å². The van der Waals surface area contributed by atoms with Crippen molar-refractivity contribution in [2.75, 3.05) is 18.0 Å². The van der Waals surface area contributed by atoms with Crippen LogP contribution in [-0.2, 0) is 24.8 Å². The molecule has 0 N–H and O–H groups in total. The lowest BCUT2D eigenvalue weighted by molar-refractivity contribution is -0.107. The Morgan fingerprint density at radius 3 is 2.34 bits per heavy atom. The van der Waals surface area contributed by atoms with Crippen LogP contribution in [-0.4, -0.2) is 70.9 Å². The Morgan fingerprint density at radius 2 is 1.73 bits per heavy atom. The van der Waals surface area contributed by atoms with Gasteiger partial charge in [0, 0.05) is 42.5 Å². The van der Waals surface area contributed by atoms with Crippen LogP contribution in [0.25, 0.3) is 22.2 Å². The minimum atomic E-state index is -5.43. The van der Waals surface area contributed by atoms with Gasteiger partial charge in [-0.3, -0.25) is 14.4 Å². The van der Waals surface area contributed by atoms with Crippen molar-refractivity contribution in [2.45, 2.75) is 42.3 Å². The van der Waals surface area contributed by atoms with E-state index in [1.165, 1.54) is 34.1 Å². The molecular formula is C25H23F3N6O5S2. The maximum Gasteiger partial charge on any atom is 0.511 e. The van der Waals surface area contributed by atoms with E-state index in [-0.39, 0.29) is 22.4 Å². The Hall–Kier alpha value is -3.76. The zero-order chi connectivity index (χ0) is 29.3. The van der Waals surface area contributed by atoms with Crippen molar-refractivity contribution in [3.8, 4) is 11.1 Å². The van der Waals surface area contributed by atoms with Crippen LogP contribution in [0, 0.1) is 6.92 Å². The second-order valence-electron chi connectivity index (χ2n) is 10.1. The molecule has 2 fully saturated rings. The van der Waals surface area contributed by atoms with E-state index in [2.05, 4.69) is 10.1 Å². The highest BCUT2D eigenvalue weighted by Gasteiger charge is 2.54. The lowest BCUT2D eigenvalue weighted by atomic mass is 10.1. The van der Waals surface area contributed by atoms with Crippen molar-refractivity contribution in [3.63, 3.8) is 0 Å². The number of hydrogen-bond donors (Lipinski definition) is 0. The molecule has 216 valence electrons. The number of carbonyl (C=O) groups excluding carboxylic acids is 1. The summed E-state index contributed by atoms with van der Waals surface area (Å²) in [4.78, 5) is 18.0. The number of pyridine rings is 1. The Morgan fingerprint density at radius 1 is 1.05 bits per heavy atom. The fourth-order valence-electron chi connectivity index (χ4n) is 4.75. The Kier molecular flexibility index (Phi) is 6.28. The molecule has 0 unspecified atom stereocenters. The highest BCUT2D eigenvalue weighted by Crippen LogP contribution is 2.38. The number of carbonyl (C=O) groups is 1. The topological polar surface area (TPSA) is 127 Å². The smallest absolute Gasteiger partial charge is 0.296 e. The van der Waals surface area contributed by atoms with Crippen LogP contribution in [0.15, 0.2) is 59.9 Å². The molecule has 41 heavy (non-hydrogen) atoms.